The molecule has 2 aliphatic rings. The molecule has 0 spiro atoms. The minimum Gasteiger partial charge on any atom is -0.354 e. The fourth-order valence-electron chi connectivity index (χ4n) is 5.15. The number of likely N-dealkylation sites (tertiary alicyclic amines) is 1. The summed E-state index contributed by atoms with van der Waals surface area (Å²) in [5.41, 5.74) is 2.56. The summed E-state index contributed by atoms with van der Waals surface area (Å²) >= 11 is 7.70. The Morgan fingerprint density at radius 1 is 0.925 bits per heavy atom. The van der Waals surface area contributed by atoms with E-state index in [1.54, 1.807) is 0 Å². The molecule has 0 bridgehead atoms. The number of hydrogen-bond acceptors (Lipinski definition) is 7. The van der Waals surface area contributed by atoms with Gasteiger partial charge in [0.1, 0.15) is 11.0 Å². The van der Waals surface area contributed by atoms with Crippen LogP contribution in [0.2, 0.25) is 5.15 Å². The van der Waals surface area contributed by atoms with Gasteiger partial charge in [-0.1, -0.05) is 96.2 Å². The lowest BCUT2D eigenvalue weighted by molar-refractivity contribution is -0.119. The number of nitrogens with zero attached hydrogens (tertiary/aromatic N) is 5. The maximum Gasteiger partial charge on any atom is 0.230 e. The third-order valence-electron chi connectivity index (χ3n) is 7.36. The first-order valence-electron chi connectivity index (χ1n) is 14.0. The summed E-state index contributed by atoms with van der Waals surface area (Å²) in [6.45, 7) is 7.53. The summed E-state index contributed by atoms with van der Waals surface area (Å²) in [6, 6.07) is 23.0. The van der Waals surface area contributed by atoms with Crippen LogP contribution in [0.15, 0.2) is 78.0 Å². The van der Waals surface area contributed by atoms with Gasteiger partial charge in [-0.2, -0.15) is 0 Å². The number of benzene rings is 2. The monoisotopic (exact) mass is 576 g/mol. The minimum atomic E-state index is 0.0220. The predicted molar refractivity (Wildman–Crippen MR) is 165 cm³/mol. The molecule has 0 unspecified atom stereocenters. The van der Waals surface area contributed by atoms with Crippen LogP contribution in [0.1, 0.15) is 24.0 Å². The number of anilines is 1. The summed E-state index contributed by atoms with van der Waals surface area (Å²) in [7, 11) is 0. The largest absolute Gasteiger partial charge is 0.354 e. The molecule has 210 valence electrons. The highest BCUT2D eigenvalue weighted by molar-refractivity contribution is 7.99. The van der Waals surface area contributed by atoms with E-state index in [9.17, 15) is 4.79 Å². The van der Waals surface area contributed by atoms with Crippen molar-refractivity contribution in [3.8, 4) is 0 Å². The van der Waals surface area contributed by atoms with E-state index < -0.39 is 0 Å². The van der Waals surface area contributed by atoms with Crippen LogP contribution in [-0.2, 0) is 11.3 Å². The molecular formula is C31H37ClN6OS. The van der Waals surface area contributed by atoms with Crippen molar-refractivity contribution in [3.05, 3.63) is 89.1 Å². The molecule has 0 radical (unpaired) electrons. The van der Waals surface area contributed by atoms with Crippen LogP contribution in [0.25, 0.3) is 6.08 Å². The number of halogens is 1. The zero-order chi connectivity index (χ0) is 27.6. The van der Waals surface area contributed by atoms with E-state index in [1.807, 2.05) is 18.2 Å². The standard InChI is InChI=1S/C31H37ClN6OS/c32-28-22-29(38-20-18-36(19-21-38)15-7-12-25-8-3-1-4-9-25)35-31(34-28)40-24-30(39)33-27-13-16-37(17-14-27)23-26-10-5-2-6-11-26/h1-12,22,27H,13-21,23-24H2,(H,33,39). The van der Waals surface area contributed by atoms with Crippen LogP contribution in [0.3, 0.4) is 0 Å². The van der Waals surface area contributed by atoms with E-state index >= 15 is 0 Å². The number of amides is 1. The van der Waals surface area contributed by atoms with E-state index in [2.05, 4.69) is 85.7 Å². The SMILES string of the molecule is O=C(CSc1nc(Cl)cc(N2CCN(CC=Cc3ccccc3)CC2)n1)NC1CCN(Cc2ccccc2)CC1. The molecular weight excluding hydrogens is 540 g/mol. The van der Waals surface area contributed by atoms with Gasteiger partial charge >= 0.3 is 0 Å². The van der Waals surface area contributed by atoms with Crippen LogP contribution < -0.4 is 10.2 Å². The highest BCUT2D eigenvalue weighted by Crippen LogP contribution is 2.23. The van der Waals surface area contributed by atoms with Crippen LogP contribution in [0, 0.1) is 0 Å². The molecule has 5 rings (SSSR count). The van der Waals surface area contributed by atoms with Gasteiger partial charge in [0.25, 0.3) is 0 Å². The molecule has 7 nitrogen and oxygen atoms in total. The van der Waals surface area contributed by atoms with E-state index in [0.717, 1.165) is 71.0 Å². The average molecular weight is 577 g/mol. The molecule has 0 aliphatic carbocycles. The number of carbonyl (C=O) groups is 1. The second kappa shape index (κ2) is 14.6. The molecule has 2 aromatic carbocycles. The number of carbonyl (C=O) groups excluding carboxylic acids is 1. The molecule has 40 heavy (non-hydrogen) atoms. The molecule has 1 aromatic heterocycles. The Labute approximate surface area is 246 Å². The number of piperazine rings is 1. The lowest BCUT2D eigenvalue weighted by atomic mass is 10.0. The van der Waals surface area contributed by atoms with Gasteiger partial charge in [0.15, 0.2) is 5.16 Å². The van der Waals surface area contributed by atoms with Gasteiger partial charge in [0, 0.05) is 64.5 Å². The normalized spacial score (nSPS) is 17.4. The summed E-state index contributed by atoms with van der Waals surface area (Å²) in [5.74, 6) is 1.13. The lowest BCUT2D eigenvalue weighted by Crippen LogP contribution is -2.46. The Morgan fingerprint density at radius 3 is 2.35 bits per heavy atom. The van der Waals surface area contributed by atoms with Gasteiger partial charge in [-0.05, 0) is 24.0 Å². The Kier molecular flexibility index (Phi) is 10.5. The third kappa shape index (κ3) is 8.80. The highest BCUT2D eigenvalue weighted by atomic mass is 35.5. The van der Waals surface area contributed by atoms with Gasteiger partial charge in [-0.15, -0.1) is 0 Å². The Bertz CT molecular complexity index is 1250. The zero-order valence-electron chi connectivity index (χ0n) is 22.8. The average Bonchev–Trinajstić information content (AvgIpc) is 2.98. The lowest BCUT2D eigenvalue weighted by Gasteiger charge is -2.35. The van der Waals surface area contributed by atoms with Crippen LogP contribution in [-0.4, -0.2) is 83.3 Å². The van der Waals surface area contributed by atoms with Gasteiger partial charge < -0.3 is 10.2 Å². The zero-order valence-corrected chi connectivity index (χ0v) is 24.4. The third-order valence-corrected chi connectivity index (χ3v) is 8.41. The smallest absolute Gasteiger partial charge is 0.230 e. The van der Waals surface area contributed by atoms with Gasteiger partial charge in [-0.3, -0.25) is 14.6 Å². The first-order valence-corrected chi connectivity index (χ1v) is 15.4. The molecule has 2 fully saturated rings. The molecule has 9 heteroatoms. The summed E-state index contributed by atoms with van der Waals surface area (Å²) in [5, 5.41) is 4.16. The first-order chi connectivity index (χ1) is 19.6. The maximum atomic E-state index is 12.7. The number of nitrogens with one attached hydrogen (secondary N) is 1. The number of piperidine rings is 1. The van der Waals surface area contributed by atoms with E-state index in [4.69, 9.17) is 16.6 Å². The molecule has 2 saturated heterocycles. The van der Waals surface area contributed by atoms with Crippen molar-refractivity contribution in [2.75, 3.05) is 56.5 Å². The van der Waals surface area contributed by atoms with Gasteiger partial charge in [0.05, 0.1) is 5.75 Å². The Balaban J connectivity index is 1.03. The second-order valence-corrected chi connectivity index (χ2v) is 11.7. The Hall–Kier alpha value is -2.91. The summed E-state index contributed by atoms with van der Waals surface area (Å²) in [6.07, 6.45) is 6.33. The molecule has 0 atom stereocenters. The van der Waals surface area contributed by atoms with Gasteiger partial charge in [-0.25, -0.2) is 9.97 Å². The van der Waals surface area contributed by atoms with Crippen molar-refractivity contribution in [2.24, 2.45) is 0 Å². The predicted octanol–water partition coefficient (Wildman–Crippen LogP) is 4.84. The van der Waals surface area contributed by atoms with Gasteiger partial charge in [0.2, 0.25) is 5.91 Å². The van der Waals surface area contributed by atoms with Crippen LogP contribution in [0.4, 0.5) is 5.82 Å². The number of rotatable bonds is 10. The van der Waals surface area contributed by atoms with Crippen molar-refractivity contribution in [3.63, 3.8) is 0 Å². The summed E-state index contributed by atoms with van der Waals surface area (Å²) < 4.78 is 0. The van der Waals surface area contributed by atoms with E-state index in [1.165, 1.54) is 22.9 Å². The highest BCUT2D eigenvalue weighted by Gasteiger charge is 2.22. The minimum absolute atomic E-state index is 0.0220. The van der Waals surface area contributed by atoms with Crippen LogP contribution in [0.5, 0.6) is 0 Å². The molecule has 3 heterocycles. The summed E-state index contributed by atoms with van der Waals surface area (Å²) in [4.78, 5) is 28.9. The maximum absolute atomic E-state index is 12.7. The number of thioether (sulfide) groups is 1. The Morgan fingerprint density at radius 2 is 1.62 bits per heavy atom. The quantitative estimate of drug-likeness (QED) is 0.210. The van der Waals surface area contributed by atoms with Crippen molar-refractivity contribution in [1.82, 2.24) is 25.1 Å². The van der Waals surface area contributed by atoms with Crippen molar-refractivity contribution < 1.29 is 4.79 Å². The first kappa shape index (κ1) is 28.6. The van der Waals surface area contributed by atoms with Crippen LogP contribution >= 0.6 is 23.4 Å². The molecule has 2 aliphatic heterocycles. The van der Waals surface area contributed by atoms with E-state index in [0.29, 0.717) is 10.3 Å². The molecule has 1 N–H and O–H groups in total. The fourth-order valence-corrected chi connectivity index (χ4v) is 6.04. The molecule has 3 aromatic rings. The molecule has 0 saturated carbocycles. The molecule has 1 amide bonds. The van der Waals surface area contributed by atoms with E-state index in [-0.39, 0.29) is 17.7 Å². The van der Waals surface area contributed by atoms with Crippen molar-refractivity contribution in [2.45, 2.75) is 30.6 Å². The topological polar surface area (TPSA) is 64.6 Å². The second-order valence-electron chi connectivity index (χ2n) is 10.3. The number of aromatic nitrogens is 2. The fraction of sp³-hybridized carbons (Fsp3) is 0.387. The number of hydrogen-bond donors (Lipinski definition) is 1. The van der Waals surface area contributed by atoms with Crippen molar-refractivity contribution >= 4 is 41.2 Å². The van der Waals surface area contributed by atoms with Crippen molar-refractivity contribution in [1.29, 1.82) is 0 Å².